The summed E-state index contributed by atoms with van der Waals surface area (Å²) in [6.45, 7) is 6.97. The van der Waals surface area contributed by atoms with Gasteiger partial charge in [0.15, 0.2) is 0 Å². The van der Waals surface area contributed by atoms with Gasteiger partial charge in [0.1, 0.15) is 5.75 Å². The van der Waals surface area contributed by atoms with Crippen molar-refractivity contribution in [2.75, 3.05) is 14.2 Å². The van der Waals surface area contributed by atoms with Gasteiger partial charge < -0.3 is 4.74 Å². The minimum atomic E-state index is -0.0996. The Morgan fingerprint density at radius 2 is 2.00 bits per heavy atom. The molecular weight excluding hydrogens is 224 g/mol. The smallest absolute Gasteiger partial charge is 0.123 e. The van der Waals surface area contributed by atoms with Gasteiger partial charge in [-0.2, -0.15) is 5.26 Å². The Morgan fingerprint density at radius 3 is 2.50 bits per heavy atom. The molecule has 1 aromatic carbocycles. The summed E-state index contributed by atoms with van der Waals surface area (Å²) in [5.74, 6) is 1.38. The molecule has 0 amide bonds. The van der Waals surface area contributed by atoms with E-state index in [2.05, 4.69) is 32.0 Å². The van der Waals surface area contributed by atoms with Crippen LogP contribution >= 0.6 is 0 Å². The summed E-state index contributed by atoms with van der Waals surface area (Å²) in [7, 11) is 3.64. The topological polar surface area (TPSA) is 36.3 Å². The lowest BCUT2D eigenvalue weighted by Gasteiger charge is -2.21. The Hall–Kier alpha value is -1.53. The quantitative estimate of drug-likeness (QED) is 0.800. The van der Waals surface area contributed by atoms with Crippen molar-refractivity contribution in [1.29, 1.82) is 5.26 Å². The summed E-state index contributed by atoms with van der Waals surface area (Å²) in [6, 6.07) is 8.42. The van der Waals surface area contributed by atoms with Crippen LogP contribution in [0.15, 0.2) is 18.2 Å². The van der Waals surface area contributed by atoms with Crippen molar-refractivity contribution in [3.05, 3.63) is 29.3 Å². The maximum atomic E-state index is 8.93. The molecule has 1 aromatic rings. The number of nitriles is 1. The molecule has 0 bridgehead atoms. The summed E-state index contributed by atoms with van der Waals surface area (Å²) < 4.78 is 5.38. The Balaban J connectivity index is 2.98. The van der Waals surface area contributed by atoms with Gasteiger partial charge in [-0.15, -0.1) is 0 Å². The molecule has 0 N–H and O–H groups in total. The Morgan fingerprint density at radius 1 is 1.33 bits per heavy atom. The van der Waals surface area contributed by atoms with E-state index in [0.29, 0.717) is 5.92 Å². The van der Waals surface area contributed by atoms with E-state index in [0.717, 1.165) is 17.9 Å². The first-order chi connectivity index (χ1) is 8.49. The number of methoxy groups -OCH3 is 1. The van der Waals surface area contributed by atoms with Crippen molar-refractivity contribution < 1.29 is 4.74 Å². The van der Waals surface area contributed by atoms with Gasteiger partial charge in [0.2, 0.25) is 0 Å². The molecule has 0 aliphatic rings. The van der Waals surface area contributed by atoms with Crippen LogP contribution in [0.25, 0.3) is 0 Å². The predicted molar refractivity (Wildman–Crippen MR) is 73.6 cm³/mol. The SMILES string of the molecule is COc1ccc(C(C)C)cc1CN(C)C(C)C#N. The second-order valence-corrected chi connectivity index (χ2v) is 4.95. The van der Waals surface area contributed by atoms with Crippen LogP contribution < -0.4 is 4.74 Å². The number of rotatable bonds is 5. The lowest BCUT2D eigenvalue weighted by molar-refractivity contribution is 0.288. The highest BCUT2D eigenvalue weighted by atomic mass is 16.5. The third-order valence-corrected chi connectivity index (χ3v) is 3.24. The average molecular weight is 246 g/mol. The molecule has 1 atom stereocenters. The second-order valence-electron chi connectivity index (χ2n) is 4.95. The fourth-order valence-corrected chi connectivity index (χ4v) is 1.79. The van der Waals surface area contributed by atoms with E-state index in [1.807, 2.05) is 24.9 Å². The minimum Gasteiger partial charge on any atom is -0.496 e. The largest absolute Gasteiger partial charge is 0.496 e. The third kappa shape index (κ3) is 3.48. The van der Waals surface area contributed by atoms with E-state index in [4.69, 9.17) is 10.00 Å². The molecule has 0 radical (unpaired) electrons. The highest BCUT2D eigenvalue weighted by Crippen LogP contribution is 2.25. The van der Waals surface area contributed by atoms with Crippen LogP contribution in [0.4, 0.5) is 0 Å². The molecule has 0 aliphatic carbocycles. The number of hydrogen-bond donors (Lipinski definition) is 0. The summed E-state index contributed by atoms with van der Waals surface area (Å²) in [6.07, 6.45) is 0. The molecule has 1 unspecified atom stereocenters. The molecule has 0 aliphatic heterocycles. The first-order valence-electron chi connectivity index (χ1n) is 6.26. The lowest BCUT2D eigenvalue weighted by Crippen LogP contribution is -2.27. The maximum absolute atomic E-state index is 8.93. The molecule has 0 fully saturated rings. The Kier molecular flexibility index (Phi) is 5.18. The fraction of sp³-hybridized carbons (Fsp3) is 0.533. The van der Waals surface area contributed by atoms with Crippen LogP contribution in [0.5, 0.6) is 5.75 Å². The van der Waals surface area contributed by atoms with Gasteiger partial charge >= 0.3 is 0 Å². The first kappa shape index (κ1) is 14.5. The van der Waals surface area contributed by atoms with Crippen molar-refractivity contribution in [3.63, 3.8) is 0 Å². The first-order valence-corrected chi connectivity index (χ1v) is 6.26. The van der Waals surface area contributed by atoms with E-state index in [1.54, 1.807) is 7.11 Å². The zero-order valence-corrected chi connectivity index (χ0v) is 11.9. The number of ether oxygens (including phenoxy) is 1. The monoisotopic (exact) mass is 246 g/mol. The second kappa shape index (κ2) is 6.42. The molecule has 0 saturated heterocycles. The van der Waals surface area contributed by atoms with Gasteiger partial charge in [-0.25, -0.2) is 0 Å². The molecule has 0 heterocycles. The molecule has 0 saturated carbocycles. The van der Waals surface area contributed by atoms with Gasteiger partial charge in [-0.3, -0.25) is 4.90 Å². The van der Waals surface area contributed by atoms with E-state index in [1.165, 1.54) is 5.56 Å². The van der Waals surface area contributed by atoms with Crippen molar-refractivity contribution in [2.24, 2.45) is 0 Å². The summed E-state index contributed by atoms with van der Waals surface area (Å²) >= 11 is 0. The third-order valence-electron chi connectivity index (χ3n) is 3.24. The van der Waals surface area contributed by atoms with Crippen LogP contribution in [0.3, 0.4) is 0 Å². The maximum Gasteiger partial charge on any atom is 0.123 e. The van der Waals surface area contributed by atoms with Crippen molar-refractivity contribution in [1.82, 2.24) is 4.90 Å². The highest BCUT2D eigenvalue weighted by Gasteiger charge is 2.12. The van der Waals surface area contributed by atoms with Crippen LogP contribution in [0, 0.1) is 11.3 Å². The zero-order valence-electron chi connectivity index (χ0n) is 11.9. The molecule has 0 aromatic heterocycles. The average Bonchev–Trinajstić information content (AvgIpc) is 2.37. The molecule has 3 nitrogen and oxygen atoms in total. The van der Waals surface area contributed by atoms with Gasteiger partial charge in [0, 0.05) is 12.1 Å². The Labute approximate surface area is 110 Å². The van der Waals surface area contributed by atoms with Gasteiger partial charge in [-0.05, 0) is 31.5 Å². The van der Waals surface area contributed by atoms with E-state index >= 15 is 0 Å². The molecular formula is C15H22N2O. The van der Waals surface area contributed by atoms with Crippen molar-refractivity contribution in [2.45, 2.75) is 39.3 Å². The lowest BCUT2D eigenvalue weighted by atomic mass is 10.00. The van der Waals surface area contributed by atoms with E-state index in [9.17, 15) is 0 Å². The van der Waals surface area contributed by atoms with Gasteiger partial charge in [-0.1, -0.05) is 26.0 Å². The summed E-state index contributed by atoms with van der Waals surface area (Å²) in [5, 5.41) is 8.93. The van der Waals surface area contributed by atoms with Gasteiger partial charge in [0.05, 0.1) is 19.2 Å². The Bertz CT molecular complexity index is 435. The van der Waals surface area contributed by atoms with E-state index in [-0.39, 0.29) is 6.04 Å². The number of benzene rings is 1. The molecule has 18 heavy (non-hydrogen) atoms. The molecule has 3 heteroatoms. The molecule has 1 rings (SSSR count). The summed E-state index contributed by atoms with van der Waals surface area (Å²) in [4.78, 5) is 2.02. The standard InChI is InChI=1S/C15H22N2O/c1-11(2)13-6-7-15(18-5)14(8-13)10-17(4)12(3)9-16/h6-8,11-12H,10H2,1-5H3. The van der Waals surface area contributed by atoms with Crippen LogP contribution in [0.2, 0.25) is 0 Å². The number of hydrogen-bond acceptors (Lipinski definition) is 3. The van der Waals surface area contributed by atoms with Crippen LogP contribution in [-0.2, 0) is 6.54 Å². The minimum absolute atomic E-state index is 0.0996. The normalized spacial score (nSPS) is 12.6. The fourth-order valence-electron chi connectivity index (χ4n) is 1.79. The number of nitrogens with zero attached hydrogens (tertiary/aromatic N) is 2. The van der Waals surface area contributed by atoms with Gasteiger partial charge in [0.25, 0.3) is 0 Å². The predicted octanol–water partition coefficient (Wildman–Crippen LogP) is 3.16. The molecule has 98 valence electrons. The van der Waals surface area contributed by atoms with Crippen LogP contribution in [-0.4, -0.2) is 25.1 Å². The van der Waals surface area contributed by atoms with Crippen molar-refractivity contribution in [3.8, 4) is 11.8 Å². The molecule has 0 spiro atoms. The van der Waals surface area contributed by atoms with Crippen LogP contribution in [0.1, 0.15) is 37.8 Å². The highest BCUT2D eigenvalue weighted by molar-refractivity contribution is 5.38. The zero-order chi connectivity index (χ0) is 13.7. The van der Waals surface area contributed by atoms with E-state index < -0.39 is 0 Å². The van der Waals surface area contributed by atoms with Crippen molar-refractivity contribution >= 4 is 0 Å². The summed E-state index contributed by atoms with van der Waals surface area (Å²) in [5.41, 5.74) is 2.43.